The molecule has 0 aliphatic carbocycles. The zero-order valence-corrected chi connectivity index (χ0v) is 22.2. The first-order chi connectivity index (χ1) is 16.9. The molecule has 0 N–H and O–H groups in total. The quantitative estimate of drug-likeness (QED) is 0.310. The van der Waals surface area contributed by atoms with Crippen molar-refractivity contribution in [3.05, 3.63) is 69.0 Å². The summed E-state index contributed by atoms with van der Waals surface area (Å²) in [5.74, 6) is 0.586. The van der Waals surface area contributed by atoms with Crippen molar-refractivity contribution in [1.29, 1.82) is 0 Å². The van der Waals surface area contributed by atoms with Gasteiger partial charge >= 0.3 is 6.03 Å². The number of hydrogen-bond acceptors (Lipinski definition) is 6. The van der Waals surface area contributed by atoms with E-state index < -0.39 is 17.8 Å². The van der Waals surface area contributed by atoms with Gasteiger partial charge in [-0.05, 0) is 49.6 Å². The van der Waals surface area contributed by atoms with Crippen molar-refractivity contribution < 1.29 is 18.8 Å². The van der Waals surface area contributed by atoms with Crippen molar-refractivity contribution in [3.8, 4) is 0 Å². The van der Waals surface area contributed by atoms with E-state index in [4.69, 9.17) is 4.42 Å². The molecule has 3 aromatic rings. The number of likely N-dealkylation sites (N-methyl/N-ethyl adjacent to an activating group) is 2. The molecule has 6 rings (SSSR count). The zero-order valence-electron chi connectivity index (χ0n) is 21.3. The summed E-state index contributed by atoms with van der Waals surface area (Å²) in [5.41, 5.74) is 5.10. The smallest absolute Gasteiger partial charge is 0.333 e. The van der Waals surface area contributed by atoms with Crippen molar-refractivity contribution in [2.24, 2.45) is 0 Å². The number of imide groups is 2. The second kappa shape index (κ2) is 6.97. The third-order valence-electron chi connectivity index (χ3n) is 7.79. The lowest BCUT2D eigenvalue weighted by atomic mass is 9.69. The predicted molar refractivity (Wildman–Crippen MR) is 139 cm³/mol. The number of rotatable bonds is 1. The van der Waals surface area contributed by atoms with E-state index in [9.17, 15) is 14.4 Å². The van der Waals surface area contributed by atoms with Crippen LogP contribution in [-0.2, 0) is 20.4 Å². The number of hydrogen-bond donors (Lipinski definition) is 0. The zero-order chi connectivity index (χ0) is 25.9. The van der Waals surface area contributed by atoms with Crippen LogP contribution in [0.15, 0.2) is 40.3 Å². The molecule has 8 heteroatoms. The third-order valence-corrected chi connectivity index (χ3v) is 8.86. The maximum atomic E-state index is 12.8. The van der Waals surface area contributed by atoms with Crippen LogP contribution < -0.4 is 4.90 Å². The van der Waals surface area contributed by atoms with Gasteiger partial charge < -0.3 is 4.42 Å². The second-order valence-electron chi connectivity index (χ2n) is 10.8. The minimum Gasteiger partial charge on any atom is -0.463 e. The standard InChI is InChI=1S/C28H27N3O4S/c1-14-11-20-22(35-14)28(4,5)18-10-8-9-17-21(18)31(20)25-19(27(17,2)3)13-15(36-25)12-16-23(32)29(6)26(34)30(7)24(16)33/h8-13H,1-7H3. The Bertz CT molecular complexity index is 1530. The maximum Gasteiger partial charge on any atom is 0.333 e. The highest BCUT2D eigenvalue weighted by molar-refractivity contribution is 7.17. The molecule has 1 aromatic carbocycles. The Balaban J connectivity index is 1.59. The fourth-order valence-electron chi connectivity index (χ4n) is 5.71. The average Bonchev–Trinajstić information content (AvgIpc) is 3.44. The van der Waals surface area contributed by atoms with E-state index in [1.165, 1.54) is 42.2 Å². The molecule has 36 heavy (non-hydrogen) atoms. The minimum atomic E-state index is -0.629. The number of barbiturate groups is 1. The number of amides is 4. The Morgan fingerprint density at radius 3 is 2.14 bits per heavy atom. The molecule has 184 valence electrons. The number of carbonyl (C=O) groups excluding carboxylic acids is 3. The summed E-state index contributed by atoms with van der Waals surface area (Å²) in [6, 6.07) is 9.98. The van der Waals surface area contributed by atoms with Crippen molar-refractivity contribution in [2.45, 2.75) is 45.4 Å². The van der Waals surface area contributed by atoms with Crippen LogP contribution >= 0.6 is 11.3 Å². The molecule has 0 bridgehead atoms. The molecule has 3 aliphatic heterocycles. The van der Waals surface area contributed by atoms with Crippen LogP contribution in [0.25, 0.3) is 6.08 Å². The van der Waals surface area contributed by atoms with E-state index in [2.05, 4.69) is 62.9 Å². The fraction of sp³-hybridized carbons (Fsp3) is 0.321. The molecule has 4 amide bonds. The molecular weight excluding hydrogens is 474 g/mol. The highest BCUT2D eigenvalue weighted by atomic mass is 32.1. The average molecular weight is 502 g/mol. The lowest BCUT2D eigenvalue weighted by Gasteiger charge is -2.46. The summed E-state index contributed by atoms with van der Waals surface area (Å²) in [6.45, 7) is 10.8. The van der Waals surface area contributed by atoms with Crippen molar-refractivity contribution in [3.63, 3.8) is 0 Å². The number of thiophene rings is 1. The van der Waals surface area contributed by atoms with Gasteiger partial charge in [-0.1, -0.05) is 32.0 Å². The van der Waals surface area contributed by atoms with Gasteiger partial charge in [0, 0.05) is 30.5 Å². The van der Waals surface area contributed by atoms with E-state index in [0.29, 0.717) is 0 Å². The molecule has 1 saturated heterocycles. The van der Waals surface area contributed by atoms with Crippen LogP contribution in [0.2, 0.25) is 0 Å². The molecular formula is C28H27N3O4S. The summed E-state index contributed by atoms with van der Waals surface area (Å²) in [5, 5.41) is 1.04. The van der Waals surface area contributed by atoms with Gasteiger partial charge in [-0.3, -0.25) is 24.3 Å². The monoisotopic (exact) mass is 501 g/mol. The summed E-state index contributed by atoms with van der Waals surface area (Å²) in [4.78, 5) is 42.8. The number of para-hydroxylation sites is 1. The predicted octanol–water partition coefficient (Wildman–Crippen LogP) is 5.83. The molecule has 0 unspecified atom stereocenters. The van der Waals surface area contributed by atoms with Crippen molar-refractivity contribution in [1.82, 2.24) is 9.80 Å². The Hall–Kier alpha value is -3.65. The first-order valence-electron chi connectivity index (χ1n) is 11.9. The van der Waals surface area contributed by atoms with Gasteiger partial charge in [0.25, 0.3) is 11.8 Å². The highest BCUT2D eigenvalue weighted by Crippen LogP contribution is 2.62. The Morgan fingerprint density at radius 2 is 1.50 bits per heavy atom. The molecule has 0 radical (unpaired) electrons. The van der Waals surface area contributed by atoms with Gasteiger partial charge in [-0.2, -0.15) is 0 Å². The van der Waals surface area contributed by atoms with E-state index in [0.717, 1.165) is 42.4 Å². The van der Waals surface area contributed by atoms with E-state index >= 15 is 0 Å². The van der Waals surface area contributed by atoms with Crippen molar-refractivity contribution >= 4 is 51.6 Å². The normalized spacial score (nSPS) is 19.4. The number of fused-ring (bicyclic) bond motifs is 4. The first kappa shape index (κ1) is 22.8. The lowest BCUT2D eigenvalue weighted by molar-refractivity contribution is -0.134. The Kier molecular flexibility index (Phi) is 4.41. The van der Waals surface area contributed by atoms with E-state index in [1.54, 1.807) is 6.08 Å². The first-order valence-corrected chi connectivity index (χ1v) is 12.7. The summed E-state index contributed by atoms with van der Waals surface area (Å²) in [6.07, 6.45) is 1.62. The third kappa shape index (κ3) is 2.70. The van der Waals surface area contributed by atoms with Crippen LogP contribution in [0.1, 0.15) is 60.8 Å². The number of anilines is 3. The Labute approximate surface area is 213 Å². The van der Waals surface area contributed by atoms with Crippen LogP contribution in [0, 0.1) is 6.92 Å². The van der Waals surface area contributed by atoms with Gasteiger partial charge in [0.1, 0.15) is 22.1 Å². The largest absolute Gasteiger partial charge is 0.463 e. The highest BCUT2D eigenvalue weighted by Gasteiger charge is 2.48. The topological polar surface area (TPSA) is 74.1 Å². The van der Waals surface area contributed by atoms with Crippen LogP contribution in [0.5, 0.6) is 0 Å². The fourth-order valence-corrected chi connectivity index (χ4v) is 6.99. The minimum absolute atomic E-state index is 0.0196. The SMILES string of the molecule is Cc1cc2c(o1)C(C)(C)c1cccc3c1N2c1sc(C=C2C(=O)N(C)C(=O)N(C)C2=O)cc1C3(C)C. The summed E-state index contributed by atoms with van der Waals surface area (Å²) >= 11 is 1.53. The molecule has 1 fully saturated rings. The Morgan fingerprint density at radius 1 is 0.889 bits per heavy atom. The van der Waals surface area contributed by atoms with Crippen LogP contribution in [0.4, 0.5) is 21.2 Å². The number of urea groups is 1. The number of benzene rings is 1. The molecule has 0 saturated carbocycles. The lowest BCUT2D eigenvalue weighted by Crippen LogP contribution is -2.52. The maximum absolute atomic E-state index is 12.8. The summed E-state index contributed by atoms with van der Waals surface area (Å²) in [7, 11) is 2.78. The van der Waals surface area contributed by atoms with E-state index in [1.807, 2.05) is 6.92 Å². The van der Waals surface area contributed by atoms with Crippen LogP contribution in [-0.4, -0.2) is 41.7 Å². The van der Waals surface area contributed by atoms with Gasteiger partial charge in [-0.15, -0.1) is 11.3 Å². The summed E-state index contributed by atoms with van der Waals surface area (Å²) < 4.78 is 6.25. The number of nitrogens with zero attached hydrogens (tertiary/aromatic N) is 3. The van der Waals surface area contributed by atoms with Gasteiger partial charge in [0.2, 0.25) is 0 Å². The second-order valence-corrected chi connectivity index (χ2v) is 11.9. The molecule has 7 nitrogen and oxygen atoms in total. The van der Waals surface area contributed by atoms with Gasteiger partial charge in [0.05, 0.1) is 16.8 Å². The van der Waals surface area contributed by atoms with E-state index in [-0.39, 0.29) is 16.4 Å². The molecule has 5 heterocycles. The van der Waals surface area contributed by atoms with Gasteiger partial charge in [0.15, 0.2) is 0 Å². The number of aryl methyl sites for hydroxylation is 1. The molecule has 0 atom stereocenters. The molecule has 3 aliphatic rings. The van der Waals surface area contributed by atoms with Crippen molar-refractivity contribution in [2.75, 3.05) is 19.0 Å². The number of carbonyl (C=O) groups is 3. The number of furan rings is 1. The molecule has 2 aromatic heterocycles. The molecule has 0 spiro atoms. The van der Waals surface area contributed by atoms with Gasteiger partial charge in [-0.25, -0.2) is 4.79 Å². The van der Waals surface area contributed by atoms with Crippen LogP contribution in [0.3, 0.4) is 0 Å².